The normalized spacial score (nSPS) is 39.3. The number of rotatable bonds is 4. The van der Waals surface area contributed by atoms with Crippen molar-refractivity contribution >= 4 is 27.6 Å². The summed E-state index contributed by atoms with van der Waals surface area (Å²) in [6.07, 6.45) is 16.3. The zero-order valence-electron chi connectivity index (χ0n) is 31.4. The molecule has 5 nitrogen and oxygen atoms in total. The molecule has 0 bridgehead atoms. The highest BCUT2D eigenvalue weighted by Crippen LogP contribution is 2.71. The lowest BCUT2D eigenvalue weighted by atomic mass is 9.46. The van der Waals surface area contributed by atoms with Crippen LogP contribution in [-0.2, 0) is 16.0 Å². The Balaban J connectivity index is 0.00000360. The molecule has 0 unspecified atom stereocenters. The summed E-state index contributed by atoms with van der Waals surface area (Å²) in [7, 11) is 0. The fraction of sp³-hybridized carbons (Fsp3) is 0.565. The highest BCUT2D eigenvalue weighted by Gasteiger charge is 2.68. The number of fused-ring (bicyclic) bond motifs is 9. The van der Waals surface area contributed by atoms with E-state index in [1.807, 2.05) is 24.3 Å². The van der Waals surface area contributed by atoms with Crippen molar-refractivity contribution in [1.29, 1.82) is 0 Å². The molecule has 3 heterocycles. The molecule has 2 aliphatic heterocycles. The number of carbonyl (C=O) groups excluding carboxylic acids is 1. The van der Waals surface area contributed by atoms with Crippen LogP contribution < -0.4 is 21.5 Å². The van der Waals surface area contributed by atoms with Gasteiger partial charge in [0, 0.05) is 24.3 Å². The molecule has 3 saturated carbocycles. The first-order chi connectivity index (χ1) is 24.7. The monoisotopic (exact) mass is 762 g/mol. The average molecular weight is 764 g/mol. The molecule has 2 saturated heterocycles. The van der Waals surface area contributed by atoms with Crippen LogP contribution in [0.25, 0.3) is 21.8 Å². The molecule has 52 heavy (non-hydrogen) atoms. The van der Waals surface area contributed by atoms with Gasteiger partial charge < -0.3 is 26.5 Å². The van der Waals surface area contributed by atoms with E-state index in [4.69, 9.17) is 9.47 Å². The second-order valence-corrected chi connectivity index (χ2v) is 18.3. The summed E-state index contributed by atoms with van der Waals surface area (Å²) in [4.78, 5) is 13.7. The second kappa shape index (κ2) is 12.6. The summed E-state index contributed by atoms with van der Waals surface area (Å²) in [5.74, 6) is 3.83. The Morgan fingerprint density at radius 3 is 2.56 bits per heavy atom. The van der Waals surface area contributed by atoms with E-state index < -0.39 is 0 Å². The Labute approximate surface area is 319 Å². The number of aromatic nitrogens is 2. The van der Waals surface area contributed by atoms with Gasteiger partial charge in [-0.25, -0.2) is 9.13 Å². The number of benzene rings is 3. The molecule has 10 rings (SSSR count). The van der Waals surface area contributed by atoms with Crippen molar-refractivity contribution in [3.63, 3.8) is 0 Å². The number of imidazole rings is 1. The Bertz CT molecular complexity index is 2060. The molecular formula is C46H55BrN2O3. The zero-order chi connectivity index (χ0) is 34.7. The van der Waals surface area contributed by atoms with Crippen LogP contribution >= 0.6 is 0 Å². The van der Waals surface area contributed by atoms with Crippen LogP contribution in [0.5, 0.6) is 0 Å². The maximum absolute atomic E-state index is 13.7. The fourth-order valence-electron chi connectivity index (χ4n) is 13.1. The number of halogens is 1. The van der Waals surface area contributed by atoms with Crippen molar-refractivity contribution in [2.45, 2.75) is 110 Å². The third kappa shape index (κ3) is 5.13. The first-order valence-corrected chi connectivity index (χ1v) is 20.2. The van der Waals surface area contributed by atoms with Crippen LogP contribution in [0.4, 0.5) is 0 Å². The number of Topliss-reactive ketones (excluding diaryl/α,β-unsaturated/α-hetero) is 1. The van der Waals surface area contributed by atoms with Crippen LogP contribution in [-0.4, -0.2) is 28.8 Å². The maximum atomic E-state index is 13.7. The van der Waals surface area contributed by atoms with Crippen LogP contribution in [0.2, 0.25) is 0 Å². The maximum Gasteiger partial charge on any atom is 0.245 e. The Morgan fingerprint density at radius 2 is 1.73 bits per heavy atom. The van der Waals surface area contributed by atoms with Gasteiger partial charge in [-0.1, -0.05) is 87.9 Å². The van der Waals surface area contributed by atoms with Crippen molar-refractivity contribution in [1.82, 2.24) is 4.57 Å². The van der Waals surface area contributed by atoms with Crippen LogP contribution in [0.15, 0.2) is 84.7 Å². The molecule has 0 radical (unpaired) electrons. The quantitative estimate of drug-likeness (QED) is 0.130. The van der Waals surface area contributed by atoms with Crippen LogP contribution in [0, 0.1) is 46.3 Å². The minimum Gasteiger partial charge on any atom is -1.00 e. The third-order valence-corrected chi connectivity index (χ3v) is 15.9. The lowest BCUT2D eigenvalue weighted by Crippen LogP contribution is -3.00. The summed E-state index contributed by atoms with van der Waals surface area (Å²) in [5, 5.41) is 2.28. The lowest BCUT2D eigenvalue weighted by Gasteiger charge is -2.58. The number of hydrogen-bond donors (Lipinski definition) is 0. The van der Waals surface area contributed by atoms with Crippen molar-refractivity contribution in [3.05, 3.63) is 90.3 Å². The molecule has 0 amide bonds. The lowest BCUT2D eigenvalue weighted by molar-refractivity contribution is -0.658. The van der Waals surface area contributed by atoms with Gasteiger partial charge >= 0.3 is 0 Å². The van der Waals surface area contributed by atoms with Crippen molar-refractivity contribution in [2.75, 3.05) is 6.61 Å². The molecule has 3 aromatic carbocycles. The number of ether oxygens (including phenoxy) is 2. The molecule has 4 aromatic rings. The molecule has 0 N–H and O–H groups in total. The van der Waals surface area contributed by atoms with E-state index in [-0.39, 0.29) is 34.0 Å². The number of nitrogens with zero attached hydrogens (tertiary/aromatic N) is 2. The minimum atomic E-state index is -0.332. The van der Waals surface area contributed by atoms with Crippen LogP contribution in [0.1, 0.15) is 102 Å². The van der Waals surface area contributed by atoms with E-state index in [9.17, 15) is 4.79 Å². The molecule has 1 spiro atoms. The summed E-state index contributed by atoms with van der Waals surface area (Å²) < 4.78 is 18.3. The predicted octanol–water partition coefficient (Wildman–Crippen LogP) is 6.88. The van der Waals surface area contributed by atoms with Crippen LogP contribution in [0.3, 0.4) is 0 Å². The summed E-state index contributed by atoms with van der Waals surface area (Å²) in [6, 6.07) is 23.5. The van der Waals surface area contributed by atoms with E-state index in [2.05, 4.69) is 91.7 Å². The van der Waals surface area contributed by atoms with Gasteiger partial charge in [-0.15, -0.1) is 0 Å². The first-order valence-electron chi connectivity index (χ1n) is 20.2. The SMILES string of the molecule is C[C@@H]1CC[C@@]2(OC1)O[C@H]1C[C@H]3[C@@H]4CC=C5C[C@H](n6c[n+](CC(=O)c7ccc8ccccc8c7)c7ccccc76)CC[C@]5(C)[C@H]4CC[C@]3(C)[C@H]1[C@@H]2C.[Br-]. The highest BCUT2D eigenvalue weighted by molar-refractivity contribution is 5.99. The van der Waals surface area contributed by atoms with Gasteiger partial charge in [-0.05, 0) is 114 Å². The average Bonchev–Trinajstić information content (AvgIpc) is 3.75. The van der Waals surface area contributed by atoms with E-state index in [0.29, 0.717) is 41.9 Å². The summed E-state index contributed by atoms with van der Waals surface area (Å²) in [5.41, 5.74) is 5.48. The largest absolute Gasteiger partial charge is 1.00 e. The van der Waals surface area contributed by atoms with Gasteiger partial charge in [0.1, 0.15) is 6.04 Å². The fourth-order valence-corrected chi connectivity index (χ4v) is 13.1. The Hall–Kier alpha value is -2.80. The van der Waals surface area contributed by atoms with Gasteiger partial charge in [0.05, 0.1) is 12.7 Å². The number of ketones is 1. The zero-order valence-corrected chi connectivity index (χ0v) is 33.0. The molecule has 11 atom stereocenters. The number of hydrogen-bond acceptors (Lipinski definition) is 3. The standard InChI is InChI=1S/C46H55N2O3.BrH/c1-29-17-22-46(50-27-29)30(2)43-42(51-46)25-38-36-16-15-34-24-35(18-20-44(34,3)37(36)19-21-45(38,43)4)48-28-47(39-11-7-8-12-40(39)48)26-41(49)33-14-13-31-9-5-6-10-32(31)23-33;/h5-15,23,28-30,35-38,42-43H,16-22,24-27H2,1-4H3;1H/q+1;/p-1/t29-,30+,35-,36-,37+,38+,42+,43+,44+,45+,46-;/m1./s1. The van der Waals surface area contributed by atoms with E-state index in [1.54, 1.807) is 5.57 Å². The summed E-state index contributed by atoms with van der Waals surface area (Å²) >= 11 is 0. The van der Waals surface area contributed by atoms with Crippen molar-refractivity contribution in [3.8, 4) is 0 Å². The number of para-hydroxylation sites is 2. The highest BCUT2D eigenvalue weighted by atomic mass is 79.9. The molecular weight excluding hydrogens is 708 g/mol. The predicted molar refractivity (Wildman–Crippen MR) is 201 cm³/mol. The Morgan fingerprint density at radius 1 is 0.923 bits per heavy atom. The molecule has 6 aliphatic rings. The van der Waals surface area contributed by atoms with Gasteiger partial charge in [0.2, 0.25) is 12.1 Å². The topological polar surface area (TPSA) is 44.3 Å². The van der Waals surface area contributed by atoms with Gasteiger partial charge in [-0.3, -0.25) is 4.79 Å². The minimum absolute atomic E-state index is 0. The molecule has 274 valence electrons. The van der Waals surface area contributed by atoms with Gasteiger partial charge in [0.15, 0.2) is 23.4 Å². The van der Waals surface area contributed by atoms with E-state index >= 15 is 0 Å². The second-order valence-electron chi connectivity index (χ2n) is 18.3. The number of allylic oxidation sites excluding steroid dienone is 2. The number of carbonyl (C=O) groups is 1. The molecule has 5 fully saturated rings. The molecule has 4 aliphatic carbocycles. The smallest absolute Gasteiger partial charge is 0.245 e. The first kappa shape index (κ1) is 34.9. The van der Waals surface area contributed by atoms with Gasteiger partial charge in [-0.2, -0.15) is 0 Å². The van der Waals surface area contributed by atoms with Crippen molar-refractivity contribution in [2.24, 2.45) is 46.3 Å². The Kier molecular flexibility index (Phi) is 8.49. The molecule has 1 aromatic heterocycles. The van der Waals surface area contributed by atoms with Gasteiger partial charge in [0.25, 0.3) is 0 Å². The molecule has 6 heteroatoms. The van der Waals surface area contributed by atoms with Crippen molar-refractivity contribution < 1.29 is 35.8 Å². The van der Waals surface area contributed by atoms with E-state index in [0.717, 1.165) is 53.7 Å². The van der Waals surface area contributed by atoms with E-state index in [1.165, 1.54) is 55.8 Å². The summed E-state index contributed by atoms with van der Waals surface area (Å²) in [6.45, 7) is 11.3. The third-order valence-electron chi connectivity index (χ3n) is 15.9.